The number of benzene rings is 4. The number of hydrogen-bond acceptors (Lipinski definition) is 26. The smallest absolute Gasteiger partial charge is 0.246 e. The number of Topliss-reactive ketones (excluding diaryl/α,β-unsaturated/α-hetero) is 2. The molecule has 32 nitrogen and oxygen atoms in total. The zero-order valence-corrected chi connectivity index (χ0v) is 94.8. The van der Waals surface area contributed by atoms with Crippen molar-refractivity contribution in [1.29, 1.82) is 0 Å². The summed E-state index contributed by atoms with van der Waals surface area (Å²) >= 11 is 6.30. The van der Waals surface area contributed by atoms with Gasteiger partial charge in [-0.25, -0.2) is 19.9 Å². The number of nitrogens with one attached hydrogen (secondary N) is 7. The lowest BCUT2D eigenvalue weighted by atomic mass is 9.85. The maximum atomic E-state index is 13.8. The average Bonchev–Trinajstić information content (AvgIpc) is 1.64. The molecular weight excluding hydrogens is 1980 g/mol. The Morgan fingerprint density at radius 1 is 0.393 bits per heavy atom. The number of rotatable bonds is 34. The fraction of sp³-hybridized carbons (Fsp3) is 0.526. The van der Waals surface area contributed by atoms with Crippen molar-refractivity contribution in [3.8, 4) is 41.8 Å². The Bertz CT molecular complexity index is 6160. The van der Waals surface area contributed by atoms with Crippen LogP contribution in [0.3, 0.4) is 0 Å². The van der Waals surface area contributed by atoms with Gasteiger partial charge in [-0.15, -0.1) is 45.3 Å². The second kappa shape index (κ2) is 52.4. The highest BCUT2D eigenvalue weighted by molar-refractivity contribution is 7.14. The van der Waals surface area contributed by atoms with Crippen LogP contribution in [0.5, 0.6) is 0 Å². The molecule has 0 saturated carbocycles. The number of carbonyl (C=O) groups excluding carboxylic acids is 12. The van der Waals surface area contributed by atoms with Crippen molar-refractivity contribution >= 4 is 116 Å². The SMILES string of the molecule is C=C(C)N[C@H](C(=O)N1C[C@H](O)C[C@H]1C(=O)N[C@@H](CC(=O)C(C)C)c1ccc(-c2scnc2C)cc1)C(C)(C)C.Cc1coc([C@H](C(=O)N2C[C@H](O)C[C@H]2C(=O)N[C@@H](CC(=O)C(C)C)c2ccc(-c3scnc3C)cc2)C(C)C)c1.Cc1ncsc1-c1ccc(CNC(=O)[C@@H]2C[C@@H](O)CN2C(=O)[C@@H](NC(=O)C(C)C)C(C)(C)C)cc1.Cc1ncsc1-c1ccc([C@H](C)NC(=O)[C@@H]2C[C@@H](O)CN2C(=O)[C@@H](NC(=O)C(C)C)C(C)(C)C)cc1. The van der Waals surface area contributed by atoms with Gasteiger partial charge in [0.05, 0.1) is 119 Å². The van der Waals surface area contributed by atoms with Crippen LogP contribution in [0.15, 0.2) is 148 Å². The molecule has 150 heavy (non-hydrogen) atoms. The first-order valence-corrected chi connectivity index (χ1v) is 55.1. The first-order valence-electron chi connectivity index (χ1n) is 51.6. The third-order valence-electron chi connectivity index (χ3n) is 27.4. The van der Waals surface area contributed by atoms with Crippen molar-refractivity contribution in [2.45, 2.75) is 316 Å². The lowest BCUT2D eigenvalue weighted by Gasteiger charge is -2.36. The van der Waals surface area contributed by atoms with Crippen LogP contribution < -0.4 is 37.2 Å². The van der Waals surface area contributed by atoms with Gasteiger partial charge < -0.3 is 81.7 Å². The molecular formula is C114H155N15O17S4. The minimum atomic E-state index is -0.851. The quantitative estimate of drug-likeness (QED) is 0.0178. The number of thiazole rings is 4. The molecule has 0 unspecified atom stereocenters. The van der Waals surface area contributed by atoms with Gasteiger partial charge in [0.15, 0.2) is 0 Å². The molecule has 0 aliphatic carbocycles. The van der Waals surface area contributed by atoms with Crippen molar-refractivity contribution < 1.29 is 82.4 Å². The maximum Gasteiger partial charge on any atom is 0.246 e. The van der Waals surface area contributed by atoms with E-state index in [-0.39, 0.29) is 171 Å². The van der Waals surface area contributed by atoms with Crippen LogP contribution in [0.2, 0.25) is 0 Å². The Morgan fingerprint density at radius 2 is 0.687 bits per heavy atom. The Labute approximate surface area is 898 Å². The van der Waals surface area contributed by atoms with Crippen LogP contribution in [0.25, 0.3) is 41.8 Å². The van der Waals surface area contributed by atoms with E-state index in [0.29, 0.717) is 18.0 Å². The van der Waals surface area contributed by atoms with Gasteiger partial charge in [-0.05, 0) is 127 Å². The number of aliphatic hydroxyl groups excluding tert-OH is 4. The number of nitrogens with zero attached hydrogens (tertiary/aromatic N) is 8. The summed E-state index contributed by atoms with van der Waals surface area (Å²) in [5.41, 5.74) is 18.8. The summed E-state index contributed by atoms with van der Waals surface area (Å²) in [5, 5.41) is 62.5. The fourth-order valence-electron chi connectivity index (χ4n) is 18.4. The lowest BCUT2D eigenvalue weighted by Crippen LogP contribution is -2.58. The number of aromatic nitrogens is 4. The monoisotopic (exact) mass is 2130 g/mol. The molecule has 4 aliphatic heterocycles. The highest BCUT2D eigenvalue weighted by Gasteiger charge is 2.50. The number of furan rings is 1. The highest BCUT2D eigenvalue weighted by atomic mass is 32.1. The molecule has 13 rings (SSSR count). The second-order valence-corrected chi connectivity index (χ2v) is 48.3. The third kappa shape index (κ3) is 31.7. The number of aliphatic hydroxyl groups is 4. The van der Waals surface area contributed by atoms with Crippen LogP contribution in [0.4, 0.5) is 0 Å². The number of hydrogen-bond donors (Lipinski definition) is 11. The first-order chi connectivity index (χ1) is 70.3. The number of amides is 10. The molecule has 812 valence electrons. The van der Waals surface area contributed by atoms with Gasteiger partial charge in [-0.3, -0.25) is 57.5 Å². The van der Waals surface area contributed by atoms with Crippen molar-refractivity contribution in [2.75, 3.05) is 26.2 Å². The summed E-state index contributed by atoms with van der Waals surface area (Å²) in [7, 11) is 0. The van der Waals surface area contributed by atoms with E-state index in [9.17, 15) is 78.0 Å². The molecule has 4 aromatic carbocycles. The normalized spacial score (nSPS) is 19.1. The van der Waals surface area contributed by atoms with E-state index in [2.05, 4.69) is 63.7 Å². The van der Waals surface area contributed by atoms with Gasteiger partial charge in [-0.2, -0.15) is 0 Å². The molecule has 0 bridgehead atoms. The molecule has 15 atom stereocenters. The van der Waals surface area contributed by atoms with E-state index in [0.717, 1.165) is 92.4 Å². The van der Waals surface area contributed by atoms with E-state index in [1.165, 1.54) is 19.6 Å². The van der Waals surface area contributed by atoms with E-state index < -0.39 is 101 Å². The van der Waals surface area contributed by atoms with Crippen LogP contribution in [-0.2, 0) is 64.1 Å². The van der Waals surface area contributed by atoms with E-state index in [4.69, 9.17) is 4.42 Å². The van der Waals surface area contributed by atoms with Gasteiger partial charge >= 0.3 is 0 Å². The molecule has 9 aromatic rings. The molecule has 0 spiro atoms. The van der Waals surface area contributed by atoms with Crippen molar-refractivity contribution in [2.24, 2.45) is 45.8 Å². The summed E-state index contributed by atoms with van der Waals surface area (Å²) in [5.74, 6) is -4.05. The van der Waals surface area contributed by atoms with E-state index >= 15 is 0 Å². The molecule has 9 heterocycles. The number of aryl methyl sites for hydroxylation is 5. The molecule has 0 radical (unpaired) electrons. The van der Waals surface area contributed by atoms with E-state index in [1.54, 1.807) is 86.2 Å². The number of likely N-dealkylation sites (tertiary alicyclic amines) is 4. The Morgan fingerprint density at radius 3 is 0.960 bits per heavy atom. The van der Waals surface area contributed by atoms with Crippen LogP contribution in [-0.4, -0.2) is 223 Å². The lowest BCUT2D eigenvalue weighted by molar-refractivity contribution is -0.144. The van der Waals surface area contributed by atoms with Crippen LogP contribution >= 0.6 is 45.3 Å². The van der Waals surface area contributed by atoms with Crippen molar-refractivity contribution in [3.05, 3.63) is 200 Å². The third-order valence-corrected chi connectivity index (χ3v) is 31.3. The standard InChI is InChI=1S/C31H39N3O5S.C30H42N4O4S.C27H38N4O4S.C26H36N4O4S/c1-17(2)26(36)13-24(21-7-9-22(10-8-21)29-20(6)32-16-40-29)33-30(37)25-12-23(35)14-34(25)31(38)28(18(3)4)27-11-19(5)15-39-27;1-17(2)25(36)14-23(20-9-11-21(12-10-20)26-19(5)31-16-39-26)33-28(37)24-13-22(35)15-34(24)29(38)27(30(6,7)8)32-18(3)4;1-15(2)24(33)30-23(27(5,6)7)26(35)31-13-20(32)12-21(31)25(34)29-16(3)18-8-10-19(11-9-18)22-17(4)28-14-36-22;1-15(2)23(32)29-22(26(4,5)6)25(34)30-13-19(31)11-20(30)24(33)27-12-17-7-9-18(10-8-17)21-16(3)28-14-35-21/h7-11,15-18,23-25,28,35H,12-14H2,1-6H3,(H,33,37);9-12,16-17,22-24,27,32,35H,3,13-15H2,1-2,4-8H3,(H,33,37);8-11,14-16,20-21,23,32H,12-13H2,1-7H3,(H,29,34)(H,30,33);7-10,14-15,19-20,22,31H,11-13H2,1-6H3,(H,27,33)(H,29,32)/t23-,24+,25+,28-;22-,23+,24+,27-;16-,20+,21-,23+;19-,20+,22-/m1101/s1. The minimum Gasteiger partial charge on any atom is -0.468 e. The second-order valence-electron chi connectivity index (χ2n) is 44.8. The summed E-state index contributed by atoms with van der Waals surface area (Å²) in [4.78, 5) is 186. The molecule has 11 N–H and O–H groups in total. The Balaban J connectivity index is 0.000000205. The fourth-order valence-corrected chi connectivity index (χ4v) is 21.7. The van der Waals surface area contributed by atoms with Gasteiger partial charge in [-0.1, -0.05) is 235 Å². The van der Waals surface area contributed by atoms with Gasteiger partial charge in [0.25, 0.3) is 0 Å². The van der Waals surface area contributed by atoms with Gasteiger partial charge in [0.1, 0.15) is 59.6 Å². The molecule has 36 heteroatoms. The molecule has 4 aliphatic rings. The molecule has 4 saturated heterocycles. The summed E-state index contributed by atoms with van der Waals surface area (Å²) in [6.45, 7) is 53.2. The van der Waals surface area contributed by atoms with E-state index in [1.807, 2.05) is 271 Å². The number of ketones is 2. The number of carbonyl (C=O) groups is 12. The number of β-amino-alcohol motifs (C(OH)–C–C–N with tert-alkyl or cyclic N) is 4. The van der Waals surface area contributed by atoms with Crippen molar-refractivity contribution in [1.82, 2.24) is 76.8 Å². The average molecular weight is 2140 g/mol. The Hall–Kier alpha value is -11.9. The largest absolute Gasteiger partial charge is 0.468 e. The van der Waals surface area contributed by atoms with Crippen LogP contribution in [0.1, 0.15) is 264 Å². The van der Waals surface area contributed by atoms with Gasteiger partial charge in [0, 0.05) is 101 Å². The predicted octanol–water partition coefficient (Wildman–Crippen LogP) is 15.9. The van der Waals surface area contributed by atoms with Crippen molar-refractivity contribution in [3.63, 3.8) is 0 Å². The highest BCUT2D eigenvalue weighted by Crippen LogP contribution is 2.39. The summed E-state index contributed by atoms with van der Waals surface area (Å²) < 4.78 is 5.67. The number of allylic oxidation sites excluding steroid dienone is 1. The summed E-state index contributed by atoms with van der Waals surface area (Å²) in [6.07, 6.45) is -0.765. The molecule has 4 fully saturated rings. The maximum absolute atomic E-state index is 13.8. The van der Waals surface area contributed by atoms with Gasteiger partial charge in [0.2, 0.25) is 59.1 Å². The zero-order valence-electron chi connectivity index (χ0n) is 91.5. The zero-order chi connectivity index (χ0) is 111. The first kappa shape index (κ1) is 120. The predicted molar refractivity (Wildman–Crippen MR) is 587 cm³/mol. The molecule has 5 aromatic heterocycles. The molecule has 10 amide bonds. The van der Waals surface area contributed by atoms with Crippen LogP contribution in [0, 0.1) is 80.5 Å². The summed E-state index contributed by atoms with van der Waals surface area (Å²) in [6, 6.07) is 26.4. The topological polar surface area (TPSA) is 448 Å². The minimum absolute atomic E-state index is 0.0279. The Kier molecular flexibility index (Phi) is 41.9.